The first-order valence-corrected chi connectivity index (χ1v) is 7.84. The number of nitro groups is 1. The van der Waals surface area contributed by atoms with Gasteiger partial charge in [-0.2, -0.15) is 0 Å². The van der Waals surface area contributed by atoms with Gasteiger partial charge in [0.05, 0.1) is 42.0 Å². The summed E-state index contributed by atoms with van der Waals surface area (Å²) in [6, 6.07) is 3.76. The molecular formula is C16H23N3O5. The molecule has 0 aromatic heterocycles. The molecule has 8 heteroatoms. The maximum atomic E-state index is 12.5. The van der Waals surface area contributed by atoms with Crippen LogP contribution in [-0.4, -0.2) is 54.2 Å². The second kappa shape index (κ2) is 7.59. The van der Waals surface area contributed by atoms with E-state index in [0.29, 0.717) is 18.8 Å². The van der Waals surface area contributed by atoms with Crippen LogP contribution in [0.1, 0.15) is 20.8 Å². The van der Waals surface area contributed by atoms with Gasteiger partial charge in [0.1, 0.15) is 5.75 Å². The minimum absolute atomic E-state index is 0.0675. The number of carbonyl (C=O) groups is 1. The number of ether oxygens (including phenoxy) is 2. The highest BCUT2D eigenvalue weighted by Crippen LogP contribution is 2.29. The lowest BCUT2D eigenvalue weighted by Gasteiger charge is -2.38. The maximum absolute atomic E-state index is 12.5. The van der Waals surface area contributed by atoms with Crippen molar-refractivity contribution in [3.63, 3.8) is 0 Å². The number of non-ortho nitro benzene ring substituents is 1. The molecule has 0 saturated carbocycles. The molecule has 1 saturated heterocycles. The number of methoxy groups -OCH3 is 1. The fourth-order valence-electron chi connectivity index (χ4n) is 2.83. The summed E-state index contributed by atoms with van der Waals surface area (Å²) in [5.74, 6) is 0.0666. The van der Waals surface area contributed by atoms with Crippen LogP contribution < -0.4 is 10.1 Å². The summed E-state index contributed by atoms with van der Waals surface area (Å²) >= 11 is 0. The lowest BCUT2D eigenvalue weighted by Crippen LogP contribution is -2.52. The second-order valence-corrected chi connectivity index (χ2v) is 6.02. The van der Waals surface area contributed by atoms with Crippen molar-refractivity contribution in [2.45, 2.75) is 39.0 Å². The molecule has 0 spiro atoms. The van der Waals surface area contributed by atoms with Crippen molar-refractivity contribution < 1.29 is 19.2 Å². The number of anilines is 1. The van der Waals surface area contributed by atoms with Crippen molar-refractivity contribution in [2.75, 3.05) is 25.5 Å². The highest BCUT2D eigenvalue weighted by atomic mass is 16.6. The fraction of sp³-hybridized carbons (Fsp3) is 0.562. The molecule has 2 rings (SSSR count). The van der Waals surface area contributed by atoms with Gasteiger partial charge in [-0.15, -0.1) is 0 Å². The van der Waals surface area contributed by atoms with Crippen LogP contribution >= 0.6 is 0 Å². The van der Waals surface area contributed by atoms with Gasteiger partial charge < -0.3 is 14.8 Å². The summed E-state index contributed by atoms with van der Waals surface area (Å²) in [6.45, 7) is 7.14. The van der Waals surface area contributed by atoms with E-state index in [9.17, 15) is 14.9 Å². The number of nitro benzene ring substituents is 1. The van der Waals surface area contributed by atoms with Crippen molar-refractivity contribution in [3.05, 3.63) is 28.3 Å². The van der Waals surface area contributed by atoms with Crippen molar-refractivity contribution in [3.8, 4) is 5.75 Å². The Labute approximate surface area is 140 Å². The standard InChI is InChI=1S/C16H23N3O5/c1-10-8-18(9-11(2)24-10)12(3)16(20)17-14-6-5-13(19(21)22)7-15(14)23-4/h5-7,10-12H,8-9H2,1-4H3,(H,17,20)/t10-,11-,12+/m1/s1. The maximum Gasteiger partial charge on any atom is 0.273 e. The normalized spacial score (nSPS) is 22.7. The fourth-order valence-corrected chi connectivity index (χ4v) is 2.83. The number of hydrogen-bond donors (Lipinski definition) is 1. The Bertz CT molecular complexity index is 612. The first-order valence-electron chi connectivity index (χ1n) is 7.84. The molecule has 1 N–H and O–H groups in total. The second-order valence-electron chi connectivity index (χ2n) is 6.02. The Balaban J connectivity index is 2.09. The molecule has 1 aromatic rings. The van der Waals surface area contributed by atoms with E-state index in [1.54, 1.807) is 0 Å². The smallest absolute Gasteiger partial charge is 0.273 e. The first-order chi connectivity index (χ1) is 11.3. The molecule has 1 fully saturated rings. The van der Waals surface area contributed by atoms with Crippen LogP contribution in [0.3, 0.4) is 0 Å². The first kappa shape index (κ1) is 18.2. The van der Waals surface area contributed by atoms with Crippen LogP contribution in [0.2, 0.25) is 0 Å². The zero-order chi connectivity index (χ0) is 17.9. The molecule has 132 valence electrons. The van der Waals surface area contributed by atoms with Crippen molar-refractivity contribution in [1.82, 2.24) is 4.90 Å². The predicted octanol–water partition coefficient (Wildman–Crippen LogP) is 2.04. The number of nitrogens with one attached hydrogen (secondary N) is 1. The summed E-state index contributed by atoms with van der Waals surface area (Å²) in [5, 5.41) is 13.6. The molecule has 1 heterocycles. The van der Waals surface area contributed by atoms with Gasteiger partial charge in [-0.25, -0.2) is 0 Å². The third-order valence-corrected chi connectivity index (χ3v) is 4.03. The largest absolute Gasteiger partial charge is 0.494 e. The van der Waals surface area contributed by atoms with Gasteiger partial charge in [-0.05, 0) is 26.8 Å². The molecular weight excluding hydrogens is 314 g/mol. The van der Waals surface area contributed by atoms with Crippen LogP contribution in [0.5, 0.6) is 5.75 Å². The van der Waals surface area contributed by atoms with Crippen LogP contribution in [-0.2, 0) is 9.53 Å². The average molecular weight is 337 g/mol. The molecule has 1 aromatic carbocycles. The van der Waals surface area contributed by atoms with E-state index < -0.39 is 4.92 Å². The summed E-state index contributed by atoms with van der Waals surface area (Å²) in [4.78, 5) is 24.9. The van der Waals surface area contributed by atoms with Gasteiger partial charge >= 0.3 is 0 Å². The molecule has 0 bridgehead atoms. The molecule has 3 atom stereocenters. The number of nitrogens with zero attached hydrogens (tertiary/aromatic N) is 2. The highest BCUT2D eigenvalue weighted by Gasteiger charge is 2.29. The number of hydrogen-bond acceptors (Lipinski definition) is 6. The van der Waals surface area contributed by atoms with Gasteiger partial charge in [0.25, 0.3) is 5.69 Å². The average Bonchev–Trinajstić information content (AvgIpc) is 2.53. The Morgan fingerprint density at radius 3 is 2.58 bits per heavy atom. The summed E-state index contributed by atoms with van der Waals surface area (Å²) in [5.41, 5.74) is 0.322. The van der Waals surface area contributed by atoms with E-state index in [1.807, 2.05) is 20.8 Å². The molecule has 0 aliphatic carbocycles. The molecule has 24 heavy (non-hydrogen) atoms. The summed E-state index contributed by atoms with van der Waals surface area (Å²) in [7, 11) is 1.41. The molecule has 0 radical (unpaired) electrons. The predicted molar refractivity (Wildman–Crippen MR) is 89.3 cm³/mol. The minimum atomic E-state index is -0.507. The number of carbonyl (C=O) groups excluding carboxylic acids is 1. The van der Waals surface area contributed by atoms with Gasteiger partial charge in [0.15, 0.2) is 0 Å². The van der Waals surface area contributed by atoms with E-state index in [2.05, 4.69) is 10.2 Å². The Kier molecular flexibility index (Phi) is 5.74. The number of morpholine rings is 1. The number of amides is 1. The van der Waals surface area contributed by atoms with Gasteiger partial charge in [-0.3, -0.25) is 19.8 Å². The Morgan fingerprint density at radius 2 is 2.04 bits per heavy atom. The van der Waals surface area contributed by atoms with Gasteiger partial charge in [0, 0.05) is 19.2 Å². The zero-order valence-electron chi connectivity index (χ0n) is 14.3. The Morgan fingerprint density at radius 1 is 1.42 bits per heavy atom. The van der Waals surface area contributed by atoms with Crippen LogP contribution in [0, 0.1) is 10.1 Å². The zero-order valence-corrected chi connectivity index (χ0v) is 14.3. The van der Waals surface area contributed by atoms with E-state index in [1.165, 1.54) is 25.3 Å². The van der Waals surface area contributed by atoms with Gasteiger partial charge in [-0.1, -0.05) is 0 Å². The van der Waals surface area contributed by atoms with Crippen LogP contribution in [0.4, 0.5) is 11.4 Å². The third kappa shape index (κ3) is 4.21. The van der Waals surface area contributed by atoms with Crippen molar-refractivity contribution in [2.24, 2.45) is 0 Å². The molecule has 1 aliphatic rings. The SMILES string of the molecule is COc1cc([N+](=O)[O-])ccc1NC(=O)[C@H](C)N1C[C@@H](C)O[C@H](C)C1. The lowest BCUT2D eigenvalue weighted by molar-refractivity contribution is -0.384. The quantitative estimate of drug-likeness (QED) is 0.653. The van der Waals surface area contributed by atoms with E-state index in [4.69, 9.17) is 9.47 Å². The van der Waals surface area contributed by atoms with Crippen LogP contribution in [0.15, 0.2) is 18.2 Å². The Hall–Kier alpha value is -2.19. The number of benzene rings is 1. The number of rotatable bonds is 5. The van der Waals surface area contributed by atoms with Crippen LogP contribution in [0.25, 0.3) is 0 Å². The van der Waals surface area contributed by atoms with E-state index in [0.717, 1.165) is 0 Å². The van der Waals surface area contributed by atoms with Gasteiger partial charge in [0.2, 0.25) is 5.91 Å². The van der Waals surface area contributed by atoms with Crippen molar-refractivity contribution in [1.29, 1.82) is 0 Å². The molecule has 0 unspecified atom stereocenters. The topological polar surface area (TPSA) is 93.9 Å². The molecule has 1 aliphatic heterocycles. The highest BCUT2D eigenvalue weighted by molar-refractivity contribution is 5.96. The van der Waals surface area contributed by atoms with E-state index in [-0.39, 0.29) is 35.6 Å². The molecule has 8 nitrogen and oxygen atoms in total. The van der Waals surface area contributed by atoms with Crippen molar-refractivity contribution >= 4 is 17.3 Å². The minimum Gasteiger partial charge on any atom is -0.494 e. The summed E-state index contributed by atoms with van der Waals surface area (Å²) < 4.78 is 10.8. The summed E-state index contributed by atoms with van der Waals surface area (Å²) in [6.07, 6.45) is 0.135. The molecule has 1 amide bonds. The van der Waals surface area contributed by atoms with E-state index >= 15 is 0 Å². The third-order valence-electron chi connectivity index (χ3n) is 4.03. The monoisotopic (exact) mass is 337 g/mol. The lowest BCUT2D eigenvalue weighted by atomic mass is 10.1.